The minimum Gasteiger partial charge on any atom is -0.478 e. The second-order valence-corrected chi connectivity index (χ2v) is 4.27. The Hall–Kier alpha value is 0.420. The first-order chi connectivity index (χ1) is 3.13. The molecule has 0 unspecified atom stereocenters. The highest BCUT2D eigenvalue weighted by atomic mass is 127. The Morgan fingerprint density at radius 3 is 2.29 bits per heavy atom. The highest BCUT2D eigenvalue weighted by Gasteiger charge is 1.87. The van der Waals surface area contributed by atoms with Gasteiger partial charge in [-0.1, -0.05) is 0 Å². The largest absolute Gasteiger partial charge is 0.478 e. The molecule has 0 atom stereocenters. The molecule has 4 heteroatoms. The smallest absolute Gasteiger partial charge is 0.329 e. The van der Waals surface area contributed by atoms with Gasteiger partial charge in [0, 0.05) is 6.08 Å². The maximum Gasteiger partial charge on any atom is 0.329 e. The molecular weight excluding hydrogens is 275 g/mol. The first-order valence-electron chi connectivity index (χ1n) is 1.38. The van der Waals surface area contributed by atoms with Crippen molar-refractivity contribution < 1.29 is 9.90 Å². The molecule has 0 saturated heterocycles. The lowest BCUT2D eigenvalue weighted by Gasteiger charge is -1.75. The predicted molar refractivity (Wildman–Crippen MR) is 38.7 cm³/mol. The maximum absolute atomic E-state index is 9.70. The van der Waals surface area contributed by atoms with Gasteiger partial charge in [-0.05, 0) is 38.5 Å². The highest BCUT2D eigenvalue weighted by molar-refractivity contribution is 14.1. The van der Waals surface area contributed by atoms with Crippen molar-refractivity contribution in [1.29, 1.82) is 0 Å². The van der Waals surface area contributed by atoms with Gasteiger partial charge in [-0.2, -0.15) is 0 Å². The first-order valence-corrected chi connectivity index (χ1v) is 3.25. The van der Waals surface area contributed by atoms with Crippen LogP contribution in [0.2, 0.25) is 0 Å². The molecule has 2 nitrogen and oxygen atoms in total. The molecule has 0 heterocycles. The Bertz CT molecular complexity index is 106. The molecule has 0 fully saturated rings. The molecule has 0 rings (SSSR count). The van der Waals surface area contributed by atoms with Crippen molar-refractivity contribution in [3.63, 3.8) is 0 Å². The van der Waals surface area contributed by atoms with E-state index in [4.69, 9.17) is 5.11 Å². The van der Waals surface area contributed by atoms with Gasteiger partial charge in [-0.15, -0.1) is 0 Å². The fourth-order valence-electron chi connectivity index (χ4n) is 0.0933. The van der Waals surface area contributed by atoms with Crippen LogP contribution in [0, 0.1) is 0 Å². The summed E-state index contributed by atoms with van der Waals surface area (Å²) in [7, 11) is 0. The molecule has 0 bridgehead atoms. The van der Waals surface area contributed by atoms with Crippen LogP contribution in [0.25, 0.3) is 0 Å². The minimum atomic E-state index is -0.929. The molecule has 0 aliphatic carbocycles. The van der Waals surface area contributed by atoms with E-state index in [-0.39, 0.29) is 0 Å². The normalized spacial score (nSPS) is 11.4. The number of halogens is 2. The zero-order chi connectivity index (χ0) is 5.86. The summed E-state index contributed by atoms with van der Waals surface area (Å²) in [6.07, 6.45) is 1.07. The van der Waals surface area contributed by atoms with E-state index in [0.717, 1.165) is 6.08 Å². The summed E-state index contributed by atoms with van der Waals surface area (Å²) < 4.78 is 0.595. The molecule has 0 aromatic heterocycles. The van der Waals surface area contributed by atoms with Crippen LogP contribution in [0.5, 0.6) is 0 Å². The Morgan fingerprint density at radius 2 is 2.29 bits per heavy atom. The van der Waals surface area contributed by atoms with Gasteiger partial charge in [-0.3, -0.25) is 0 Å². The number of rotatable bonds is 1. The summed E-state index contributed by atoms with van der Waals surface area (Å²) >= 11 is 4.80. The van der Waals surface area contributed by atoms with Gasteiger partial charge in [-0.25, -0.2) is 4.79 Å². The summed E-state index contributed by atoms with van der Waals surface area (Å²) in [5.74, 6) is -0.929. The third-order valence-electron chi connectivity index (χ3n) is 0.233. The summed E-state index contributed by atoms with van der Waals surface area (Å²) in [6, 6.07) is 0. The van der Waals surface area contributed by atoms with Gasteiger partial charge in [0.15, 0.2) is 0 Å². The molecule has 1 N–H and O–H groups in total. The van der Waals surface area contributed by atoms with Crippen LogP contribution < -0.4 is 0 Å². The highest BCUT2D eigenvalue weighted by Crippen LogP contribution is 2.12. The van der Waals surface area contributed by atoms with Crippen LogP contribution in [0.15, 0.2) is 8.57 Å². The van der Waals surface area contributed by atoms with E-state index in [0.29, 0.717) is 2.49 Å². The van der Waals surface area contributed by atoms with Gasteiger partial charge in [0.25, 0.3) is 0 Å². The molecule has 0 aromatic rings. The Morgan fingerprint density at radius 1 is 1.86 bits per heavy atom. The van der Waals surface area contributed by atoms with Crippen molar-refractivity contribution in [2.45, 2.75) is 0 Å². The molecule has 0 aromatic carbocycles. The van der Waals surface area contributed by atoms with Gasteiger partial charge >= 0.3 is 5.97 Å². The first kappa shape index (κ1) is 7.42. The van der Waals surface area contributed by atoms with Gasteiger partial charge in [0.05, 0.1) is 2.49 Å². The molecule has 7 heavy (non-hydrogen) atoms. The van der Waals surface area contributed by atoms with E-state index < -0.39 is 5.97 Å². The number of carboxylic acid groups (broad SMARTS) is 1. The lowest BCUT2D eigenvalue weighted by atomic mass is 10.7. The van der Waals surface area contributed by atoms with Crippen LogP contribution in [-0.4, -0.2) is 11.1 Å². The monoisotopic (exact) mass is 276 g/mol. The SMILES string of the molecule is O=C(O)/C=C(/Br)I. The number of carbonyl (C=O) groups is 1. The van der Waals surface area contributed by atoms with Crippen molar-refractivity contribution in [2.24, 2.45) is 0 Å². The lowest BCUT2D eigenvalue weighted by Crippen LogP contribution is -1.84. The van der Waals surface area contributed by atoms with Gasteiger partial charge in [0.2, 0.25) is 0 Å². The second-order valence-electron chi connectivity index (χ2n) is 0.772. The molecule has 0 amide bonds. The zero-order valence-corrected chi connectivity index (χ0v) is 6.93. The Balaban J connectivity index is 3.68. The second kappa shape index (κ2) is 3.43. The van der Waals surface area contributed by atoms with E-state index in [1.165, 1.54) is 0 Å². The molecule has 0 spiro atoms. The summed E-state index contributed by atoms with van der Waals surface area (Å²) in [5.41, 5.74) is 0. The minimum absolute atomic E-state index is 0.595. The molecular formula is C3H2BrIO2. The zero-order valence-electron chi connectivity index (χ0n) is 3.19. The van der Waals surface area contributed by atoms with Gasteiger partial charge < -0.3 is 5.11 Å². The number of aliphatic carboxylic acids is 1. The predicted octanol–water partition coefficient (Wildman–Crippen LogP) is 1.74. The fraction of sp³-hybridized carbons (Fsp3) is 0. The summed E-state index contributed by atoms with van der Waals surface area (Å²) in [4.78, 5) is 9.70. The summed E-state index contributed by atoms with van der Waals surface area (Å²) in [6.45, 7) is 0. The third-order valence-corrected chi connectivity index (χ3v) is 0.773. The van der Waals surface area contributed by atoms with Crippen LogP contribution >= 0.6 is 38.5 Å². The molecule has 0 radical (unpaired) electrons. The van der Waals surface area contributed by atoms with Crippen molar-refractivity contribution in [3.8, 4) is 0 Å². The topological polar surface area (TPSA) is 37.3 Å². The van der Waals surface area contributed by atoms with E-state index in [2.05, 4.69) is 15.9 Å². The summed E-state index contributed by atoms with van der Waals surface area (Å²) in [5, 5.41) is 7.97. The van der Waals surface area contributed by atoms with Crippen molar-refractivity contribution in [1.82, 2.24) is 0 Å². The molecule has 0 aliphatic heterocycles. The molecule has 0 saturated carbocycles. The number of carboxylic acids is 1. The van der Waals surface area contributed by atoms with Crippen molar-refractivity contribution in [3.05, 3.63) is 8.57 Å². The quantitative estimate of drug-likeness (QED) is 0.585. The van der Waals surface area contributed by atoms with E-state index in [1.54, 1.807) is 0 Å². The number of hydrogen-bond acceptors (Lipinski definition) is 1. The standard InChI is InChI=1S/C3H2BrIO2/c4-2(5)1-3(6)7/h1H,(H,6,7)/b2-1-. The van der Waals surface area contributed by atoms with Crippen LogP contribution in [-0.2, 0) is 4.79 Å². The third kappa shape index (κ3) is 6.42. The number of hydrogen-bond donors (Lipinski definition) is 1. The van der Waals surface area contributed by atoms with E-state index in [1.807, 2.05) is 22.6 Å². The van der Waals surface area contributed by atoms with E-state index >= 15 is 0 Å². The fourth-order valence-corrected chi connectivity index (χ4v) is 0.556. The van der Waals surface area contributed by atoms with Crippen molar-refractivity contribution in [2.75, 3.05) is 0 Å². The van der Waals surface area contributed by atoms with Crippen LogP contribution in [0.3, 0.4) is 0 Å². The average molecular weight is 277 g/mol. The molecule has 40 valence electrons. The maximum atomic E-state index is 9.70. The Labute approximate surface area is 62.9 Å². The average Bonchev–Trinajstić information content (AvgIpc) is 1.27. The van der Waals surface area contributed by atoms with Gasteiger partial charge in [0.1, 0.15) is 0 Å². The lowest BCUT2D eigenvalue weighted by molar-refractivity contribution is -0.131. The van der Waals surface area contributed by atoms with Crippen LogP contribution in [0.4, 0.5) is 0 Å². The van der Waals surface area contributed by atoms with E-state index in [9.17, 15) is 4.79 Å². The Kier molecular flexibility index (Phi) is 3.63. The van der Waals surface area contributed by atoms with Crippen molar-refractivity contribution >= 4 is 44.5 Å². The van der Waals surface area contributed by atoms with Crippen LogP contribution in [0.1, 0.15) is 0 Å². The molecule has 0 aliphatic rings.